The number of nitrogens with zero attached hydrogens (tertiary/aromatic N) is 1. The summed E-state index contributed by atoms with van der Waals surface area (Å²) in [6.07, 6.45) is -0.323. The number of nitrogens with one attached hydrogen (secondary N) is 2. The standard InChI is InChI=1S/C27H24ClN3O3/c28-18-13-11-17(12-14-18)21-15-20(16-7-3-1-4-8-16)22-23-24(34-25(22)29-21)26(32)31(27(33)30-23)19-9-5-2-6-10-19/h1-14,20-25,29H,15H2,(H,30,33). The summed E-state index contributed by atoms with van der Waals surface area (Å²) >= 11 is 6.11. The van der Waals surface area contributed by atoms with E-state index in [-0.39, 0.29) is 30.0 Å². The van der Waals surface area contributed by atoms with Crippen LogP contribution in [0.3, 0.4) is 0 Å². The highest BCUT2D eigenvalue weighted by Crippen LogP contribution is 2.47. The quantitative estimate of drug-likeness (QED) is 0.582. The Hall–Kier alpha value is -3.19. The second kappa shape index (κ2) is 8.55. The number of ether oxygens (including phenoxy) is 1. The molecule has 6 nitrogen and oxygen atoms in total. The third-order valence-electron chi connectivity index (χ3n) is 7.17. The Morgan fingerprint density at radius 2 is 1.53 bits per heavy atom. The Morgan fingerprint density at radius 3 is 2.24 bits per heavy atom. The number of halogens is 1. The van der Waals surface area contributed by atoms with Crippen LogP contribution in [-0.4, -0.2) is 30.3 Å². The van der Waals surface area contributed by atoms with Crippen molar-refractivity contribution in [2.24, 2.45) is 5.92 Å². The molecule has 3 aromatic rings. The Balaban J connectivity index is 1.36. The normalized spacial score (nSPS) is 30.4. The summed E-state index contributed by atoms with van der Waals surface area (Å²) < 4.78 is 6.37. The number of hydrogen-bond acceptors (Lipinski definition) is 4. The van der Waals surface area contributed by atoms with E-state index in [0.29, 0.717) is 10.7 Å². The van der Waals surface area contributed by atoms with Gasteiger partial charge >= 0.3 is 6.03 Å². The van der Waals surface area contributed by atoms with Crippen LogP contribution >= 0.6 is 11.6 Å². The highest BCUT2D eigenvalue weighted by atomic mass is 35.5. The summed E-state index contributed by atoms with van der Waals surface area (Å²) in [7, 11) is 0. The number of imide groups is 1. The van der Waals surface area contributed by atoms with Crippen LogP contribution in [0.15, 0.2) is 84.9 Å². The largest absolute Gasteiger partial charge is 0.348 e. The van der Waals surface area contributed by atoms with Crippen molar-refractivity contribution in [2.45, 2.75) is 36.8 Å². The van der Waals surface area contributed by atoms with Gasteiger partial charge in [0, 0.05) is 17.0 Å². The topological polar surface area (TPSA) is 70.7 Å². The fourth-order valence-corrected chi connectivity index (χ4v) is 5.76. The number of anilines is 1. The van der Waals surface area contributed by atoms with E-state index in [0.717, 1.165) is 12.0 Å². The van der Waals surface area contributed by atoms with E-state index in [1.165, 1.54) is 10.5 Å². The van der Waals surface area contributed by atoms with Crippen molar-refractivity contribution < 1.29 is 14.3 Å². The highest BCUT2D eigenvalue weighted by Gasteiger charge is 2.58. The maximum Gasteiger partial charge on any atom is 0.329 e. The van der Waals surface area contributed by atoms with Gasteiger partial charge in [0.05, 0.1) is 11.7 Å². The molecule has 3 aliphatic heterocycles. The zero-order valence-corrected chi connectivity index (χ0v) is 19.1. The predicted molar refractivity (Wildman–Crippen MR) is 130 cm³/mol. The number of amides is 3. The highest BCUT2D eigenvalue weighted by molar-refractivity contribution is 6.30. The fourth-order valence-electron chi connectivity index (χ4n) is 5.64. The summed E-state index contributed by atoms with van der Waals surface area (Å²) in [5, 5.41) is 7.40. The number of carbonyl (C=O) groups excluding carboxylic acids is 2. The molecule has 2 N–H and O–H groups in total. The van der Waals surface area contributed by atoms with Gasteiger partial charge in [-0.1, -0.05) is 72.3 Å². The molecule has 0 saturated carbocycles. The molecule has 0 radical (unpaired) electrons. The van der Waals surface area contributed by atoms with Crippen molar-refractivity contribution in [3.05, 3.63) is 101 Å². The molecule has 6 unspecified atom stereocenters. The van der Waals surface area contributed by atoms with Crippen molar-refractivity contribution in [3.8, 4) is 0 Å². The number of urea groups is 1. The number of rotatable bonds is 3. The third kappa shape index (κ3) is 3.59. The van der Waals surface area contributed by atoms with Gasteiger partial charge in [0.15, 0.2) is 6.10 Å². The minimum atomic E-state index is -0.754. The summed E-state index contributed by atoms with van der Waals surface area (Å²) in [6.45, 7) is 0. The van der Waals surface area contributed by atoms with E-state index >= 15 is 0 Å². The molecule has 172 valence electrons. The monoisotopic (exact) mass is 473 g/mol. The molecule has 0 spiro atoms. The lowest BCUT2D eigenvalue weighted by Gasteiger charge is -2.42. The molecule has 0 aliphatic carbocycles. The van der Waals surface area contributed by atoms with Gasteiger partial charge in [-0.25, -0.2) is 9.69 Å². The zero-order chi connectivity index (χ0) is 23.2. The van der Waals surface area contributed by atoms with Crippen LogP contribution in [0.5, 0.6) is 0 Å². The molecule has 0 aromatic heterocycles. The van der Waals surface area contributed by atoms with Crippen LogP contribution < -0.4 is 15.5 Å². The second-order valence-corrected chi connectivity index (χ2v) is 9.50. The van der Waals surface area contributed by atoms with Crippen LogP contribution in [0.1, 0.15) is 29.5 Å². The molecule has 3 amide bonds. The first-order valence-electron chi connectivity index (χ1n) is 11.5. The molecule has 7 heteroatoms. The Bertz CT molecular complexity index is 1200. The van der Waals surface area contributed by atoms with Crippen LogP contribution in [0.25, 0.3) is 0 Å². The zero-order valence-electron chi connectivity index (χ0n) is 18.3. The molecule has 0 bridgehead atoms. The predicted octanol–water partition coefficient (Wildman–Crippen LogP) is 4.62. The second-order valence-electron chi connectivity index (χ2n) is 9.06. The van der Waals surface area contributed by atoms with Gasteiger partial charge in [0.2, 0.25) is 0 Å². The van der Waals surface area contributed by atoms with E-state index < -0.39 is 18.2 Å². The van der Waals surface area contributed by atoms with Gasteiger partial charge in [0.1, 0.15) is 6.23 Å². The maximum absolute atomic E-state index is 13.5. The molecule has 3 aromatic carbocycles. The number of carbonyl (C=O) groups is 2. The van der Waals surface area contributed by atoms with Gasteiger partial charge in [0.25, 0.3) is 5.91 Å². The van der Waals surface area contributed by atoms with Crippen LogP contribution in [0.2, 0.25) is 5.02 Å². The number of fused-ring (bicyclic) bond motifs is 3. The first-order chi connectivity index (χ1) is 16.6. The summed E-state index contributed by atoms with van der Waals surface area (Å²) in [5.74, 6) is -0.313. The Kier molecular flexibility index (Phi) is 5.37. The van der Waals surface area contributed by atoms with E-state index in [4.69, 9.17) is 16.3 Å². The van der Waals surface area contributed by atoms with Crippen molar-refractivity contribution in [3.63, 3.8) is 0 Å². The van der Waals surface area contributed by atoms with E-state index in [9.17, 15) is 9.59 Å². The fraction of sp³-hybridized carbons (Fsp3) is 0.259. The van der Waals surface area contributed by atoms with E-state index in [1.54, 1.807) is 24.3 Å². The van der Waals surface area contributed by atoms with E-state index in [1.807, 2.05) is 48.5 Å². The summed E-state index contributed by atoms with van der Waals surface area (Å²) in [4.78, 5) is 27.8. The van der Waals surface area contributed by atoms with Gasteiger partial charge in [-0.05, 0) is 47.7 Å². The van der Waals surface area contributed by atoms with Gasteiger partial charge in [-0.2, -0.15) is 0 Å². The number of hydrogen-bond donors (Lipinski definition) is 2. The number of piperidine rings is 1. The van der Waals surface area contributed by atoms with Crippen molar-refractivity contribution in [1.82, 2.24) is 10.6 Å². The average molecular weight is 474 g/mol. The minimum absolute atomic E-state index is 0.0277. The Morgan fingerprint density at radius 1 is 0.853 bits per heavy atom. The van der Waals surface area contributed by atoms with Gasteiger partial charge < -0.3 is 10.1 Å². The third-order valence-corrected chi connectivity index (χ3v) is 7.43. The van der Waals surface area contributed by atoms with Crippen molar-refractivity contribution in [2.75, 3.05) is 4.90 Å². The number of benzene rings is 3. The van der Waals surface area contributed by atoms with Crippen LogP contribution in [0, 0.1) is 5.92 Å². The van der Waals surface area contributed by atoms with Crippen molar-refractivity contribution >= 4 is 29.2 Å². The molecule has 34 heavy (non-hydrogen) atoms. The van der Waals surface area contributed by atoms with Gasteiger partial charge in [-0.3, -0.25) is 10.1 Å². The van der Waals surface area contributed by atoms with E-state index in [2.05, 4.69) is 22.8 Å². The molecular weight excluding hydrogens is 450 g/mol. The average Bonchev–Trinajstić information content (AvgIpc) is 3.24. The maximum atomic E-state index is 13.5. The van der Waals surface area contributed by atoms with Crippen molar-refractivity contribution in [1.29, 1.82) is 0 Å². The molecule has 3 saturated heterocycles. The lowest BCUT2D eigenvalue weighted by molar-refractivity contribution is -0.131. The molecule has 3 heterocycles. The minimum Gasteiger partial charge on any atom is -0.348 e. The number of para-hydroxylation sites is 1. The van der Waals surface area contributed by atoms with Crippen LogP contribution in [0.4, 0.5) is 10.5 Å². The molecule has 6 atom stereocenters. The molecule has 3 fully saturated rings. The summed E-state index contributed by atoms with van der Waals surface area (Å²) in [6, 6.07) is 26.3. The van der Waals surface area contributed by atoms with Crippen LogP contribution in [-0.2, 0) is 9.53 Å². The lowest BCUT2D eigenvalue weighted by Crippen LogP contribution is -2.63. The summed E-state index contributed by atoms with van der Waals surface area (Å²) in [5.41, 5.74) is 2.83. The Labute approximate surface area is 202 Å². The first kappa shape index (κ1) is 21.4. The molecule has 6 rings (SSSR count). The smallest absolute Gasteiger partial charge is 0.329 e. The van der Waals surface area contributed by atoms with Gasteiger partial charge in [-0.15, -0.1) is 0 Å². The first-order valence-corrected chi connectivity index (χ1v) is 11.9. The SMILES string of the molecule is O=C1NC2C(OC3NC(c4ccc(Cl)cc4)CC(c4ccccc4)C32)C(=O)N1c1ccccc1. The lowest BCUT2D eigenvalue weighted by atomic mass is 9.72. The molecule has 3 aliphatic rings. The molecular formula is C27H24ClN3O3.